The van der Waals surface area contributed by atoms with Crippen LogP contribution in [0.1, 0.15) is 46.7 Å². The monoisotopic (exact) mass is 429 g/mol. The van der Waals surface area contributed by atoms with Gasteiger partial charge >= 0.3 is 6.36 Å². The van der Waals surface area contributed by atoms with Crippen LogP contribution in [-0.2, 0) is 0 Å². The second-order valence-electron chi connectivity index (χ2n) is 8.62. The third-order valence-corrected chi connectivity index (χ3v) is 5.28. The number of rotatable bonds is 8. The molecule has 0 atom stereocenters. The smallest absolute Gasteiger partial charge is 0.406 e. The molecule has 0 spiro atoms. The van der Waals surface area contributed by atoms with Gasteiger partial charge in [0.25, 0.3) is 0 Å². The maximum Gasteiger partial charge on any atom is 0.573 e. The summed E-state index contributed by atoms with van der Waals surface area (Å²) < 4.78 is 43.9. The highest BCUT2D eigenvalue weighted by Crippen LogP contribution is 2.33. The van der Waals surface area contributed by atoms with Gasteiger partial charge in [-0.1, -0.05) is 56.9 Å². The lowest BCUT2D eigenvalue weighted by molar-refractivity contribution is -0.274. The molecule has 0 amide bonds. The normalized spacial score (nSPS) is 13.1. The van der Waals surface area contributed by atoms with Crippen LogP contribution in [0.25, 0.3) is 22.2 Å². The van der Waals surface area contributed by atoms with E-state index in [2.05, 4.69) is 45.2 Å². The zero-order valence-corrected chi connectivity index (χ0v) is 18.9. The fourth-order valence-corrected chi connectivity index (χ4v) is 3.31. The van der Waals surface area contributed by atoms with Gasteiger partial charge in [0.1, 0.15) is 5.75 Å². The lowest BCUT2D eigenvalue weighted by Gasteiger charge is -2.25. The standard InChI is InChI=1S/C26H30F3NO/c1-17(2)23-14-21-12-13-22(31-26(27,28)29)15-24(21)30(23)20(6)11-9-10-19(5)16-25(7,8)18(3)4/h9-15H,1,3,6,16H2,2,4-5,7-8H3/b11-9-,19-10+. The molecule has 0 aliphatic heterocycles. The number of allylic oxidation sites excluding steroid dienone is 7. The van der Waals surface area contributed by atoms with E-state index in [1.807, 2.05) is 38.1 Å². The first-order chi connectivity index (χ1) is 14.2. The van der Waals surface area contributed by atoms with Crippen LogP contribution in [0.4, 0.5) is 13.2 Å². The highest BCUT2D eigenvalue weighted by atomic mass is 19.4. The zero-order chi connectivity index (χ0) is 23.6. The van der Waals surface area contributed by atoms with Gasteiger partial charge < -0.3 is 9.30 Å². The molecule has 1 aromatic carbocycles. The molecule has 5 heteroatoms. The summed E-state index contributed by atoms with van der Waals surface area (Å²) in [5.74, 6) is -0.276. The maximum atomic E-state index is 12.7. The van der Waals surface area contributed by atoms with Crippen LogP contribution in [0.5, 0.6) is 5.75 Å². The first-order valence-corrected chi connectivity index (χ1v) is 9.97. The van der Waals surface area contributed by atoms with Crippen molar-refractivity contribution < 1.29 is 17.9 Å². The number of ether oxygens (including phenoxy) is 1. The van der Waals surface area contributed by atoms with Crippen molar-refractivity contribution in [1.82, 2.24) is 4.57 Å². The highest BCUT2D eigenvalue weighted by molar-refractivity contribution is 5.90. The average Bonchev–Trinajstić information content (AvgIpc) is 2.98. The summed E-state index contributed by atoms with van der Waals surface area (Å²) in [6.07, 6.45) is 1.87. The van der Waals surface area contributed by atoms with E-state index in [-0.39, 0.29) is 11.2 Å². The van der Waals surface area contributed by atoms with E-state index in [0.717, 1.165) is 28.6 Å². The lowest BCUT2D eigenvalue weighted by Crippen LogP contribution is -2.17. The predicted octanol–water partition coefficient (Wildman–Crippen LogP) is 8.54. The Hall–Kier alpha value is -2.95. The first kappa shape index (κ1) is 24.3. The van der Waals surface area contributed by atoms with E-state index >= 15 is 0 Å². The Morgan fingerprint density at radius 3 is 2.26 bits per heavy atom. The number of halogens is 3. The minimum atomic E-state index is -4.75. The number of nitrogens with zero attached hydrogens (tertiary/aromatic N) is 1. The van der Waals surface area contributed by atoms with Crippen molar-refractivity contribution in [1.29, 1.82) is 0 Å². The molecule has 2 rings (SSSR count). The van der Waals surface area contributed by atoms with Gasteiger partial charge in [-0.25, -0.2) is 0 Å². The summed E-state index contributed by atoms with van der Waals surface area (Å²) in [6.45, 7) is 22.4. The highest BCUT2D eigenvalue weighted by Gasteiger charge is 2.31. The Morgan fingerprint density at radius 1 is 1.06 bits per heavy atom. The molecule has 0 bridgehead atoms. The number of alkyl halides is 3. The summed E-state index contributed by atoms with van der Waals surface area (Å²) in [5, 5.41) is 0.775. The molecular weight excluding hydrogens is 399 g/mol. The van der Waals surface area contributed by atoms with Gasteiger partial charge in [0.15, 0.2) is 0 Å². The topological polar surface area (TPSA) is 14.2 Å². The van der Waals surface area contributed by atoms with Gasteiger partial charge in [0.2, 0.25) is 0 Å². The summed E-state index contributed by atoms with van der Waals surface area (Å²) in [7, 11) is 0. The molecule has 0 aliphatic carbocycles. The van der Waals surface area contributed by atoms with Gasteiger partial charge in [-0.2, -0.15) is 0 Å². The van der Waals surface area contributed by atoms with Crippen molar-refractivity contribution >= 4 is 22.2 Å². The molecule has 0 unspecified atom stereocenters. The number of fused-ring (bicyclic) bond motifs is 1. The molecular formula is C26H30F3NO. The van der Waals surface area contributed by atoms with Crippen molar-refractivity contribution in [2.45, 2.75) is 47.4 Å². The molecule has 1 aromatic heterocycles. The van der Waals surface area contributed by atoms with Crippen molar-refractivity contribution in [3.8, 4) is 5.75 Å². The van der Waals surface area contributed by atoms with E-state index in [0.29, 0.717) is 11.2 Å². The number of hydrogen-bond donors (Lipinski definition) is 0. The summed E-state index contributed by atoms with van der Waals surface area (Å²) in [5.41, 5.74) is 5.05. The maximum absolute atomic E-state index is 12.7. The van der Waals surface area contributed by atoms with Gasteiger partial charge in [-0.3, -0.25) is 0 Å². The Kier molecular flexibility index (Phi) is 7.10. The Bertz CT molecular complexity index is 1080. The molecule has 0 saturated carbocycles. The van der Waals surface area contributed by atoms with Crippen LogP contribution in [0.15, 0.2) is 73.4 Å². The molecule has 166 valence electrons. The molecule has 1 heterocycles. The molecule has 0 fully saturated rings. The van der Waals surface area contributed by atoms with Gasteiger partial charge in [-0.05, 0) is 62.5 Å². The van der Waals surface area contributed by atoms with Crippen molar-refractivity contribution in [2.75, 3.05) is 0 Å². The number of aromatic nitrogens is 1. The quantitative estimate of drug-likeness (QED) is 0.303. The molecule has 0 aliphatic rings. The lowest BCUT2D eigenvalue weighted by atomic mass is 9.80. The van der Waals surface area contributed by atoms with E-state index < -0.39 is 6.36 Å². The summed E-state index contributed by atoms with van der Waals surface area (Å²) >= 11 is 0. The van der Waals surface area contributed by atoms with Gasteiger partial charge in [0, 0.05) is 22.8 Å². The summed E-state index contributed by atoms with van der Waals surface area (Å²) in [4.78, 5) is 0. The molecule has 2 aromatic rings. The predicted molar refractivity (Wildman–Crippen MR) is 125 cm³/mol. The van der Waals surface area contributed by atoms with Crippen molar-refractivity contribution in [2.24, 2.45) is 5.41 Å². The van der Waals surface area contributed by atoms with Crippen LogP contribution in [-0.4, -0.2) is 10.9 Å². The fraction of sp³-hybridized carbons (Fsp3) is 0.308. The third kappa shape index (κ3) is 6.27. The number of hydrogen-bond acceptors (Lipinski definition) is 1. The molecule has 0 radical (unpaired) electrons. The van der Waals surface area contributed by atoms with Crippen molar-refractivity contribution in [3.63, 3.8) is 0 Å². The minimum absolute atomic E-state index is 0.00404. The fourth-order valence-electron chi connectivity index (χ4n) is 3.31. The average molecular weight is 430 g/mol. The van der Waals surface area contributed by atoms with E-state index in [1.165, 1.54) is 17.7 Å². The third-order valence-electron chi connectivity index (χ3n) is 5.28. The largest absolute Gasteiger partial charge is 0.573 e. The number of benzene rings is 1. The zero-order valence-electron chi connectivity index (χ0n) is 18.9. The van der Waals surface area contributed by atoms with Crippen LogP contribution in [0.2, 0.25) is 0 Å². The van der Waals surface area contributed by atoms with Crippen molar-refractivity contribution in [3.05, 3.63) is 79.1 Å². The second-order valence-corrected chi connectivity index (χ2v) is 8.62. The Morgan fingerprint density at radius 2 is 1.71 bits per heavy atom. The second kappa shape index (κ2) is 9.04. The van der Waals surface area contributed by atoms with Crippen LogP contribution in [0, 0.1) is 5.41 Å². The SMILES string of the molecule is C=C(C)c1cc2ccc(OC(F)(F)F)cc2n1C(=C)/C=C\C=C(/C)CC(C)(C)C(=C)C. The van der Waals surface area contributed by atoms with Gasteiger partial charge in [-0.15, -0.1) is 13.2 Å². The Labute approximate surface area is 182 Å². The molecule has 0 N–H and O–H groups in total. The molecule has 0 saturated heterocycles. The van der Waals surface area contributed by atoms with Crippen LogP contribution >= 0.6 is 0 Å². The van der Waals surface area contributed by atoms with E-state index in [9.17, 15) is 13.2 Å². The molecule has 31 heavy (non-hydrogen) atoms. The molecule has 2 nitrogen and oxygen atoms in total. The van der Waals surface area contributed by atoms with Crippen LogP contribution < -0.4 is 4.74 Å². The Balaban J connectivity index is 2.39. The minimum Gasteiger partial charge on any atom is -0.406 e. The van der Waals surface area contributed by atoms with Crippen LogP contribution in [0.3, 0.4) is 0 Å². The summed E-state index contributed by atoms with van der Waals surface area (Å²) in [6, 6.07) is 6.14. The van der Waals surface area contributed by atoms with E-state index in [4.69, 9.17) is 0 Å². The first-order valence-electron chi connectivity index (χ1n) is 9.97. The van der Waals surface area contributed by atoms with E-state index in [1.54, 1.807) is 10.6 Å². The van der Waals surface area contributed by atoms with Gasteiger partial charge in [0.05, 0.1) is 5.52 Å².